The predicted octanol–water partition coefficient (Wildman–Crippen LogP) is 3.07. The van der Waals surface area contributed by atoms with Crippen LogP contribution in [0.3, 0.4) is 0 Å². The summed E-state index contributed by atoms with van der Waals surface area (Å²) in [5, 5.41) is 3.30. The molecule has 0 unspecified atom stereocenters. The topological polar surface area (TPSA) is 116 Å². The molecule has 0 aliphatic rings. The Hall–Kier alpha value is -3.59. The number of aryl methyl sites for hydroxylation is 2. The fourth-order valence-electron chi connectivity index (χ4n) is 3.41. The van der Waals surface area contributed by atoms with Crippen molar-refractivity contribution in [3.05, 3.63) is 86.3 Å². The average molecular weight is 479 g/mol. The van der Waals surface area contributed by atoms with Gasteiger partial charge in [-0.25, -0.2) is 15.0 Å². The summed E-state index contributed by atoms with van der Waals surface area (Å²) in [6, 6.07) is 13.0. The third kappa shape index (κ3) is 3.91. The van der Waals surface area contributed by atoms with Gasteiger partial charge in [0.05, 0.1) is 29.3 Å². The number of para-hydroxylation sites is 1. The molecular formula is C22H19BrN6O2. The maximum absolute atomic E-state index is 13.5. The lowest BCUT2D eigenvalue weighted by Crippen LogP contribution is -2.31. The van der Waals surface area contributed by atoms with Crippen molar-refractivity contribution in [1.82, 2.24) is 24.8 Å². The largest absolute Gasteiger partial charge is 0.382 e. The number of rotatable bonds is 4. The number of halogens is 1. The lowest BCUT2D eigenvalue weighted by molar-refractivity contribution is 0.0945. The number of benzene rings is 2. The molecule has 1 amide bonds. The van der Waals surface area contributed by atoms with E-state index in [0.29, 0.717) is 27.0 Å². The van der Waals surface area contributed by atoms with E-state index in [1.54, 1.807) is 10.6 Å². The summed E-state index contributed by atoms with van der Waals surface area (Å²) in [5.41, 5.74) is 8.62. The lowest BCUT2D eigenvalue weighted by atomic mass is 10.1. The van der Waals surface area contributed by atoms with E-state index < -0.39 is 5.91 Å². The fourth-order valence-corrected chi connectivity index (χ4v) is 3.69. The summed E-state index contributed by atoms with van der Waals surface area (Å²) >= 11 is 3.19. The molecule has 2 aromatic carbocycles. The number of carbonyl (C=O) groups excluding carboxylic acids is 1. The van der Waals surface area contributed by atoms with E-state index in [4.69, 9.17) is 10.7 Å². The highest BCUT2D eigenvalue weighted by atomic mass is 79.9. The van der Waals surface area contributed by atoms with Gasteiger partial charge in [-0.05, 0) is 53.0 Å². The number of carbonyl (C=O) groups is 1. The molecular weight excluding hydrogens is 460 g/mol. The number of fused-ring (bicyclic) bond motifs is 1. The Morgan fingerprint density at radius 1 is 1.10 bits per heavy atom. The molecule has 0 aliphatic carbocycles. The number of anilines is 1. The zero-order valence-corrected chi connectivity index (χ0v) is 18.5. The molecule has 0 spiro atoms. The minimum absolute atomic E-state index is 0.0000765. The van der Waals surface area contributed by atoms with Gasteiger partial charge in [-0.1, -0.05) is 30.3 Å². The Bertz CT molecular complexity index is 1380. The van der Waals surface area contributed by atoms with Crippen molar-refractivity contribution in [2.75, 3.05) is 5.73 Å². The van der Waals surface area contributed by atoms with Crippen LogP contribution in [0.4, 0.5) is 5.82 Å². The summed E-state index contributed by atoms with van der Waals surface area (Å²) in [6.45, 7) is 3.80. The minimum atomic E-state index is -0.513. The van der Waals surface area contributed by atoms with Crippen molar-refractivity contribution in [3.8, 4) is 5.69 Å². The molecule has 0 saturated heterocycles. The zero-order valence-electron chi connectivity index (χ0n) is 16.9. The maximum Gasteiger partial charge on any atom is 0.274 e. The van der Waals surface area contributed by atoms with Gasteiger partial charge in [-0.2, -0.15) is 0 Å². The fraction of sp³-hybridized carbons (Fsp3) is 0.136. The Morgan fingerprint density at radius 3 is 2.61 bits per heavy atom. The van der Waals surface area contributed by atoms with E-state index in [9.17, 15) is 9.59 Å². The summed E-state index contributed by atoms with van der Waals surface area (Å²) in [7, 11) is 0. The van der Waals surface area contributed by atoms with Crippen LogP contribution in [0.15, 0.2) is 58.1 Å². The van der Waals surface area contributed by atoms with Gasteiger partial charge in [0, 0.05) is 0 Å². The molecule has 0 atom stereocenters. The van der Waals surface area contributed by atoms with Crippen LogP contribution < -0.4 is 16.6 Å². The molecule has 2 aromatic heterocycles. The number of amides is 1. The van der Waals surface area contributed by atoms with Crippen LogP contribution in [0.1, 0.15) is 27.4 Å². The van der Waals surface area contributed by atoms with Gasteiger partial charge >= 0.3 is 0 Å². The second-order valence-corrected chi connectivity index (χ2v) is 7.85. The number of nitrogens with zero attached hydrogens (tertiary/aromatic N) is 4. The molecule has 4 rings (SSSR count). The van der Waals surface area contributed by atoms with Gasteiger partial charge in [-0.15, -0.1) is 0 Å². The summed E-state index contributed by atoms with van der Waals surface area (Å²) in [5.74, 6) is -0.104. The molecule has 156 valence electrons. The van der Waals surface area contributed by atoms with E-state index in [0.717, 1.165) is 11.1 Å². The third-order valence-corrected chi connectivity index (χ3v) is 5.31. The van der Waals surface area contributed by atoms with Gasteiger partial charge < -0.3 is 11.1 Å². The van der Waals surface area contributed by atoms with Crippen LogP contribution in [-0.4, -0.2) is 25.4 Å². The third-order valence-electron chi connectivity index (χ3n) is 4.93. The SMILES string of the molecule is Cc1ccccc1-n1c(CNC(=O)c2nc(Br)cnc2N)nc2cccc(C)c2c1=O. The van der Waals surface area contributed by atoms with Crippen LogP contribution in [0.2, 0.25) is 0 Å². The Kier molecular flexibility index (Phi) is 5.51. The normalized spacial score (nSPS) is 10.9. The smallest absolute Gasteiger partial charge is 0.274 e. The first-order valence-corrected chi connectivity index (χ1v) is 10.3. The van der Waals surface area contributed by atoms with E-state index in [2.05, 4.69) is 31.2 Å². The van der Waals surface area contributed by atoms with Crippen molar-refractivity contribution < 1.29 is 4.79 Å². The molecule has 31 heavy (non-hydrogen) atoms. The van der Waals surface area contributed by atoms with Crippen LogP contribution in [0.25, 0.3) is 16.6 Å². The van der Waals surface area contributed by atoms with Crippen molar-refractivity contribution in [2.24, 2.45) is 0 Å². The molecule has 0 fully saturated rings. The number of hydrogen-bond acceptors (Lipinski definition) is 6. The monoisotopic (exact) mass is 478 g/mol. The zero-order chi connectivity index (χ0) is 22.1. The summed E-state index contributed by atoms with van der Waals surface area (Å²) in [6.07, 6.45) is 1.41. The van der Waals surface area contributed by atoms with E-state index >= 15 is 0 Å². The molecule has 0 aliphatic heterocycles. The van der Waals surface area contributed by atoms with Crippen molar-refractivity contribution in [1.29, 1.82) is 0 Å². The number of aromatic nitrogens is 4. The molecule has 2 heterocycles. The Balaban J connectivity index is 1.82. The molecule has 4 aromatic rings. The highest BCUT2D eigenvalue weighted by molar-refractivity contribution is 9.10. The number of nitrogens with one attached hydrogen (secondary N) is 1. The number of nitrogen functional groups attached to an aromatic ring is 1. The quantitative estimate of drug-likeness (QED) is 0.465. The van der Waals surface area contributed by atoms with Gasteiger partial charge in [-0.3, -0.25) is 14.2 Å². The van der Waals surface area contributed by atoms with Gasteiger partial charge in [0.25, 0.3) is 11.5 Å². The molecule has 0 radical (unpaired) electrons. The highest BCUT2D eigenvalue weighted by Gasteiger charge is 2.18. The standard InChI is InChI=1S/C22H19BrN6O2/c1-12-6-3-4-9-15(12)29-17(27-14-8-5-7-13(2)18(14)22(29)31)11-26-21(30)19-20(24)25-10-16(23)28-19/h3-10H,11H2,1-2H3,(H2,24,25)(H,26,30). The van der Waals surface area contributed by atoms with E-state index in [-0.39, 0.29) is 23.6 Å². The number of nitrogens with two attached hydrogens (primary N) is 1. The van der Waals surface area contributed by atoms with Gasteiger partial charge in [0.1, 0.15) is 10.4 Å². The maximum atomic E-state index is 13.5. The molecule has 0 bridgehead atoms. The second kappa shape index (κ2) is 8.27. The highest BCUT2D eigenvalue weighted by Crippen LogP contribution is 2.18. The van der Waals surface area contributed by atoms with Crippen LogP contribution >= 0.6 is 15.9 Å². The lowest BCUT2D eigenvalue weighted by Gasteiger charge is -2.16. The predicted molar refractivity (Wildman–Crippen MR) is 122 cm³/mol. The molecule has 8 nitrogen and oxygen atoms in total. The molecule has 3 N–H and O–H groups in total. The van der Waals surface area contributed by atoms with Gasteiger partial charge in [0.2, 0.25) is 0 Å². The molecule has 0 saturated carbocycles. The van der Waals surface area contributed by atoms with Crippen LogP contribution in [0.5, 0.6) is 0 Å². The van der Waals surface area contributed by atoms with Crippen LogP contribution in [-0.2, 0) is 6.54 Å². The van der Waals surface area contributed by atoms with Crippen molar-refractivity contribution in [2.45, 2.75) is 20.4 Å². The van der Waals surface area contributed by atoms with E-state index in [1.165, 1.54) is 6.20 Å². The molecule has 9 heteroatoms. The first-order chi connectivity index (χ1) is 14.9. The van der Waals surface area contributed by atoms with Crippen molar-refractivity contribution >= 4 is 38.6 Å². The first-order valence-electron chi connectivity index (χ1n) is 9.50. The first kappa shape index (κ1) is 20.7. The van der Waals surface area contributed by atoms with Crippen LogP contribution in [0, 0.1) is 13.8 Å². The average Bonchev–Trinajstić information content (AvgIpc) is 2.74. The van der Waals surface area contributed by atoms with Gasteiger partial charge in [0.15, 0.2) is 11.5 Å². The Morgan fingerprint density at radius 2 is 1.84 bits per heavy atom. The van der Waals surface area contributed by atoms with E-state index in [1.807, 2.05) is 50.2 Å². The van der Waals surface area contributed by atoms with Crippen molar-refractivity contribution in [3.63, 3.8) is 0 Å². The summed E-state index contributed by atoms with van der Waals surface area (Å²) < 4.78 is 1.93. The summed E-state index contributed by atoms with van der Waals surface area (Å²) in [4.78, 5) is 38.9. The second-order valence-electron chi connectivity index (χ2n) is 7.03. The number of hydrogen-bond donors (Lipinski definition) is 2. The minimum Gasteiger partial charge on any atom is -0.382 e. The Labute approximate surface area is 186 Å².